The maximum atomic E-state index is 9.00. The van der Waals surface area contributed by atoms with Crippen LogP contribution in [0.4, 0.5) is 17.1 Å². The van der Waals surface area contributed by atoms with Gasteiger partial charge in [0.1, 0.15) is 0 Å². The molecule has 0 aliphatic rings. The van der Waals surface area contributed by atoms with Crippen molar-refractivity contribution in [3.05, 3.63) is 52.5 Å². The highest BCUT2D eigenvalue weighted by molar-refractivity contribution is 9.10. The lowest BCUT2D eigenvalue weighted by molar-refractivity contribution is 0.282. The van der Waals surface area contributed by atoms with E-state index in [0.717, 1.165) is 21.4 Å². The van der Waals surface area contributed by atoms with Crippen molar-refractivity contribution in [3.63, 3.8) is 0 Å². The fraction of sp³-hybridized carbons (Fsp3) is 0.0769. The summed E-state index contributed by atoms with van der Waals surface area (Å²) in [7, 11) is 0. The molecule has 0 radical (unpaired) electrons. The smallest absolute Gasteiger partial charge is 0.0682 e. The molecule has 0 saturated heterocycles. The van der Waals surface area contributed by atoms with E-state index in [9.17, 15) is 0 Å². The van der Waals surface area contributed by atoms with Crippen LogP contribution in [0.15, 0.2) is 46.9 Å². The summed E-state index contributed by atoms with van der Waals surface area (Å²) in [5, 5.41) is 12.2. The van der Waals surface area contributed by atoms with Crippen molar-refractivity contribution >= 4 is 33.0 Å². The third-order valence-electron chi connectivity index (χ3n) is 2.40. The maximum Gasteiger partial charge on any atom is 0.0682 e. The van der Waals surface area contributed by atoms with Gasteiger partial charge in [0, 0.05) is 10.2 Å². The van der Waals surface area contributed by atoms with Crippen molar-refractivity contribution in [1.82, 2.24) is 0 Å². The Bertz CT molecular complexity index is 529. The van der Waals surface area contributed by atoms with Crippen LogP contribution in [0.1, 0.15) is 5.56 Å². The van der Waals surface area contributed by atoms with Gasteiger partial charge in [0.05, 0.1) is 18.0 Å². The number of aliphatic hydroxyl groups is 1. The van der Waals surface area contributed by atoms with Crippen LogP contribution < -0.4 is 11.1 Å². The van der Waals surface area contributed by atoms with E-state index in [4.69, 9.17) is 10.8 Å². The Morgan fingerprint density at radius 2 is 2.00 bits per heavy atom. The summed E-state index contributed by atoms with van der Waals surface area (Å²) >= 11 is 3.41. The van der Waals surface area contributed by atoms with Gasteiger partial charge in [-0.15, -0.1) is 0 Å². The van der Waals surface area contributed by atoms with Crippen LogP contribution in [-0.2, 0) is 6.61 Å². The molecule has 2 rings (SSSR count). The number of nitrogens with one attached hydrogen (secondary N) is 1. The summed E-state index contributed by atoms with van der Waals surface area (Å²) in [6.45, 7) is 0.00135. The van der Waals surface area contributed by atoms with E-state index in [-0.39, 0.29) is 6.61 Å². The normalized spacial score (nSPS) is 10.2. The lowest BCUT2D eigenvalue weighted by atomic mass is 10.2. The van der Waals surface area contributed by atoms with Gasteiger partial charge >= 0.3 is 0 Å². The van der Waals surface area contributed by atoms with Crippen LogP contribution in [0.3, 0.4) is 0 Å². The summed E-state index contributed by atoms with van der Waals surface area (Å²) in [5.41, 5.74) is 9.12. The third-order valence-corrected chi connectivity index (χ3v) is 2.90. The van der Waals surface area contributed by atoms with E-state index in [1.54, 1.807) is 6.07 Å². The number of nitrogen functional groups attached to an aromatic ring is 1. The summed E-state index contributed by atoms with van der Waals surface area (Å²) in [6, 6.07) is 13.3. The molecule has 2 aromatic carbocycles. The Hall–Kier alpha value is -1.52. The van der Waals surface area contributed by atoms with Crippen molar-refractivity contribution in [2.24, 2.45) is 0 Å². The van der Waals surface area contributed by atoms with Gasteiger partial charge in [0.15, 0.2) is 0 Å². The predicted molar refractivity (Wildman–Crippen MR) is 74.2 cm³/mol. The summed E-state index contributed by atoms with van der Waals surface area (Å²) in [6.07, 6.45) is 0. The second kappa shape index (κ2) is 5.21. The van der Waals surface area contributed by atoms with E-state index in [1.807, 2.05) is 36.4 Å². The van der Waals surface area contributed by atoms with Crippen molar-refractivity contribution in [2.45, 2.75) is 6.61 Å². The van der Waals surface area contributed by atoms with Crippen LogP contribution in [-0.4, -0.2) is 5.11 Å². The molecule has 0 atom stereocenters. The maximum absolute atomic E-state index is 9.00. The Labute approximate surface area is 108 Å². The second-order valence-electron chi connectivity index (χ2n) is 3.72. The van der Waals surface area contributed by atoms with Gasteiger partial charge in [-0.3, -0.25) is 0 Å². The lowest BCUT2D eigenvalue weighted by Crippen LogP contribution is -1.97. The monoisotopic (exact) mass is 292 g/mol. The minimum Gasteiger partial charge on any atom is -0.397 e. The highest BCUT2D eigenvalue weighted by Gasteiger charge is 2.01. The number of nitrogens with two attached hydrogens (primary N) is 1. The molecule has 0 amide bonds. The van der Waals surface area contributed by atoms with Crippen molar-refractivity contribution in [1.29, 1.82) is 0 Å². The molecule has 0 aromatic heterocycles. The van der Waals surface area contributed by atoms with E-state index in [1.165, 1.54) is 0 Å². The van der Waals surface area contributed by atoms with Crippen molar-refractivity contribution in [2.75, 3.05) is 11.1 Å². The van der Waals surface area contributed by atoms with E-state index in [0.29, 0.717) is 5.69 Å². The highest BCUT2D eigenvalue weighted by Crippen LogP contribution is 2.25. The summed E-state index contributed by atoms with van der Waals surface area (Å²) < 4.78 is 1.01. The molecule has 0 aliphatic heterocycles. The van der Waals surface area contributed by atoms with Gasteiger partial charge < -0.3 is 16.2 Å². The SMILES string of the molecule is Nc1cc(CO)ccc1Nc1cccc(Br)c1. The zero-order chi connectivity index (χ0) is 12.3. The number of hydrogen-bond acceptors (Lipinski definition) is 3. The number of hydrogen-bond donors (Lipinski definition) is 3. The molecule has 0 spiro atoms. The number of benzene rings is 2. The third kappa shape index (κ3) is 2.99. The Morgan fingerprint density at radius 3 is 2.65 bits per heavy atom. The topological polar surface area (TPSA) is 58.3 Å². The minimum atomic E-state index is 0.00135. The molecule has 88 valence electrons. The summed E-state index contributed by atoms with van der Waals surface area (Å²) in [5.74, 6) is 0. The second-order valence-corrected chi connectivity index (χ2v) is 4.63. The van der Waals surface area contributed by atoms with Gasteiger partial charge in [-0.25, -0.2) is 0 Å². The molecular weight excluding hydrogens is 280 g/mol. The van der Waals surface area contributed by atoms with Gasteiger partial charge in [0.2, 0.25) is 0 Å². The predicted octanol–water partition coefficient (Wildman–Crippen LogP) is 3.27. The van der Waals surface area contributed by atoms with Crippen LogP contribution in [0, 0.1) is 0 Å². The molecule has 0 fully saturated rings. The standard InChI is InChI=1S/C13H13BrN2O/c14-10-2-1-3-11(7-10)16-13-5-4-9(8-17)6-12(13)15/h1-7,16-17H,8,15H2. The zero-order valence-electron chi connectivity index (χ0n) is 9.15. The molecule has 0 aliphatic carbocycles. The highest BCUT2D eigenvalue weighted by atomic mass is 79.9. The number of anilines is 3. The van der Waals surface area contributed by atoms with Crippen LogP contribution in [0.5, 0.6) is 0 Å². The first-order chi connectivity index (χ1) is 8.19. The van der Waals surface area contributed by atoms with Gasteiger partial charge in [0.25, 0.3) is 0 Å². The van der Waals surface area contributed by atoms with Gasteiger partial charge in [-0.1, -0.05) is 28.1 Å². The first-order valence-electron chi connectivity index (χ1n) is 5.21. The molecule has 0 heterocycles. The molecule has 2 aromatic rings. The summed E-state index contributed by atoms with van der Waals surface area (Å²) in [4.78, 5) is 0. The lowest BCUT2D eigenvalue weighted by Gasteiger charge is -2.10. The van der Waals surface area contributed by atoms with E-state index >= 15 is 0 Å². The fourth-order valence-electron chi connectivity index (χ4n) is 1.55. The average molecular weight is 293 g/mol. The van der Waals surface area contributed by atoms with Crippen LogP contribution in [0.25, 0.3) is 0 Å². The molecule has 17 heavy (non-hydrogen) atoms. The molecule has 3 nitrogen and oxygen atoms in total. The largest absolute Gasteiger partial charge is 0.397 e. The Kier molecular flexibility index (Phi) is 3.66. The molecule has 0 saturated carbocycles. The molecule has 0 bridgehead atoms. The van der Waals surface area contributed by atoms with Crippen molar-refractivity contribution in [3.8, 4) is 0 Å². The van der Waals surface area contributed by atoms with E-state index in [2.05, 4.69) is 21.2 Å². The molecule has 0 unspecified atom stereocenters. The first-order valence-corrected chi connectivity index (χ1v) is 6.00. The van der Waals surface area contributed by atoms with Gasteiger partial charge in [-0.05, 0) is 35.9 Å². The minimum absolute atomic E-state index is 0.00135. The van der Waals surface area contributed by atoms with Crippen molar-refractivity contribution < 1.29 is 5.11 Å². The van der Waals surface area contributed by atoms with Gasteiger partial charge in [-0.2, -0.15) is 0 Å². The zero-order valence-corrected chi connectivity index (χ0v) is 10.7. The number of rotatable bonds is 3. The molecule has 4 heteroatoms. The average Bonchev–Trinajstić information content (AvgIpc) is 2.32. The van der Waals surface area contributed by atoms with Crippen LogP contribution >= 0.6 is 15.9 Å². The fourth-order valence-corrected chi connectivity index (χ4v) is 1.95. The van der Waals surface area contributed by atoms with E-state index < -0.39 is 0 Å². The quantitative estimate of drug-likeness (QED) is 0.761. The number of aliphatic hydroxyl groups excluding tert-OH is 1. The molecular formula is C13H13BrN2O. The Balaban J connectivity index is 2.24. The number of halogens is 1. The van der Waals surface area contributed by atoms with Crippen LogP contribution in [0.2, 0.25) is 0 Å². The Morgan fingerprint density at radius 1 is 1.18 bits per heavy atom. The first kappa shape index (κ1) is 12.0. The molecule has 4 N–H and O–H groups in total.